The average molecular weight is 278 g/mol. The third kappa shape index (κ3) is 3.73. The van der Waals surface area contributed by atoms with E-state index in [1.54, 1.807) is 0 Å². The Kier molecular flexibility index (Phi) is 4.85. The Bertz CT molecular complexity index is 532. The molecule has 1 saturated carbocycles. The molecule has 0 atom stereocenters. The monoisotopic (exact) mass is 278 g/mol. The zero-order chi connectivity index (χ0) is 13.7. The van der Waals surface area contributed by atoms with E-state index in [0.29, 0.717) is 18.2 Å². The maximum atomic E-state index is 10.7. The summed E-state index contributed by atoms with van der Waals surface area (Å²) in [5, 5.41) is 4.05. The van der Waals surface area contributed by atoms with Crippen molar-refractivity contribution in [3.8, 4) is 0 Å². The van der Waals surface area contributed by atoms with E-state index < -0.39 is 0 Å². The molecule has 0 aromatic heterocycles. The molecule has 0 aliphatic heterocycles. The fourth-order valence-electron chi connectivity index (χ4n) is 1.92. The minimum absolute atomic E-state index is 0.238. The number of rotatable bonds is 6. The zero-order valence-electron chi connectivity index (χ0n) is 11.3. The molecule has 0 spiro atoms. The van der Waals surface area contributed by atoms with Crippen LogP contribution in [0.25, 0.3) is 0 Å². The number of hydrogen-bond acceptors (Lipinski definition) is 4. The van der Waals surface area contributed by atoms with E-state index in [2.05, 4.69) is 15.6 Å². The van der Waals surface area contributed by atoms with Crippen LogP contribution in [0.5, 0.6) is 0 Å². The SMILES string of the molecule is CCC(C)=NOCc1c(N=S=O)cccc1C1CC1. The van der Waals surface area contributed by atoms with Gasteiger partial charge in [0, 0.05) is 5.56 Å². The van der Waals surface area contributed by atoms with Gasteiger partial charge in [0.05, 0.1) is 11.4 Å². The first kappa shape index (κ1) is 13.9. The second kappa shape index (κ2) is 6.61. The number of nitrogens with zero attached hydrogens (tertiary/aromatic N) is 2. The molecule has 4 nitrogen and oxygen atoms in total. The molecule has 1 aromatic rings. The van der Waals surface area contributed by atoms with Crippen LogP contribution in [-0.4, -0.2) is 9.92 Å². The molecule has 1 aliphatic rings. The van der Waals surface area contributed by atoms with Crippen molar-refractivity contribution in [3.05, 3.63) is 29.3 Å². The van der Waals surface area contributed by atoms with Crippen molar-refractivity contribution in [1.29, 1.82) is 0 Å². The van der Waals surface area contributed by atoms with Gasteiger partial charge in [0.1, 0.15) is 6.61 Å². The summed E-state index contributed by atoms with van der Waals surface area (Å²) in [7, 11) is 0. The maximum absolute atomic E-state index is 10.7. The van der Waals surface area contributed by atoms with Crippen molar-refractivity contribution >= 4 is 22.9 Å². The highest BCUT2D eigenvalue weighted by molar-refractivity contribution is 7.54. The van der Waals surface area contributed by atoms with Crippen molar-refractivity contribution in [2.24, 2.45) is 9.52 Å². The van der Waals surface area contributed by atoms with Gasteiger partial charge in [0.15, 0.2) is 0 Å². The van der Waals surface area contributed by atoms with Crippen LogP contribution in [0.4, 0.5) is 5.69 Å². The largest absolute Gasteiger partial charge is 0.391 e. The van der Waals surface area contributed by atoms with Crippen molar-refractivity contribution in [2.45, 2.75) is 45.6 Å². The van der Waals surface area contributed by atoms with Gasteiger partial charge >= 0.3 is 0 Å². The van der Waals surface area contributed by atoms with Crippen molar-refractivity contribution in [1.82, 2.24) is 0 Å². The lowest BCUT2D eigenvalue weighted by Gasteiger charge is -2.10. The standard InChI is InChI=1S/C14H18N2O2S/c1-3-10(2)15-18-9-13-12(11-7-8-11)5-4-6-14(13)16-19-17/h4-6,11H,3,7-9H2,1-2H3. The van der Waals surface area contributed by atoms with Crippen LogP contribution < -0.4 is 0 Å². The summed E-state index contributed by atoms with van der Waals surface area (Å²) < 4.78 is 14.6. The van der Waals surface area contributed by atoms with E-state index in [9.17, 15) is 4.21 Å². The molecule has 0 bridgehead atoms. The third-order valence-corrected chi connectivity index (χ3v) is 3.55. The molecule has 0 N–H and O–H groups in total. The molecule has 0 amide bonds. The predicted octanol–water partition coefficient (Wildman–Crippen LogP) is 3.89. The zero-order valence-corrected chi connectivity index (χ0v) is 12.1. The van der Waals surface area contributed by atoms with Crippen LogP contribution in [-0.2, 0) is 22.9 Å². The van der Waals surface area contributed by atoms with Gasteiger partial charge < -0.3 is 4.84 Å². The first-order valence-corrected chi connectivity index (χ1v) is 7.23. The van der Waals surface area contributed by atoms with Crippen LogP contribution in [0, 0.1) is 0 Å². The van der Waals surface area contributed by atoms with Gasteiger partial charge in [-0.05, 0) is 43.7 Å². The van der Waals surface area contributed by atoms with Crippen LogP contribution in [0.1, 0.15) is 50.2 Å². The summed E-state index contributed by atoms with van der Waals surface area (Å²) >= 11 is 0.238. The third-order valence-electron chi connectivity index (χ3n) is 3.28. The Balaban J connectivity index is 2.22. The molecule has 102 valence electrons. The number of hydrogen-bond donors (Lipinski definition) is 0. The van der Waals surface area contributed by atoms with Gasteiger partial charge in [-0.2, -0.15) is 8.57 Å². The van der Waals surface area contributed by atoms with Crippen molar-refractivity contribution in [2.75, 3.05) is 0 Å². The Morgan fingerprint density at radius 1 is 1.47 bits per heavy atom. The quantitative estimate of drug-likeness (QED) is 0.585. The maximum Gasteiger partial charge on any atom is 0.205 e. The van der Waals surface area contributed by atoms with E-state index in [-0.39, 0.29) is 11.5 Å². The normalized spacial score (nSPS) is 15.2. The molecule has 2 rings (SSSR count). The molecule has 0 radical (unpaired) electrons. The molecule has 19 heavy (non-hydrogen) atoms. The first-order chi connectivity index (χ1) is 9.26. The lowest BCUT2D eigenvalue weighted by Crippen LogP contribution is -1.97. The van der Waals surface area contributed by atoms with E-state index in [4.69, 9.17) is 4.84 Å². The Morgan fingerprint density at radius 3 is 2.89 bits per heavy atom. The molecular weight excluding hydrogens is 260 g/mol. The molecule has 0 unspecified atom stereocenters. The molecule has 0 saturated heterocycles. The highest BCUT2D eigenvalue weighted by atomic mass is 32.1. The summed E-state index contributed by atoms with van der Waals surface area (Å²) in [5.41, 5.74) is 3.93. The Morgan fingerprint density at radius 2 is 2.26 bits per heavy atom. The molecule has 1 aliphatic carbocycles. The topological polar surface area (TPSA) is 51.0 Å². The fourth-order valence-corrected chi connectivity index (χ4v) is 2.17. The smallest absolute Gasteiger partial charge is 0.205 e. The first-order valence-electron chi connectivity index (χ1n) is 6.53. The Labute approximate surface area is 117 Å². The van der Waals surface area contributed by atoms with E-state index in [0.717, 1.165) is 17.7 Å². The van der Waals surface area contributed by atoms with E-state index in [1.165, 1.54) is 18.4 Å². The Hall–Kier alpha value is -1.49. The minimum atomic E-state index is 0.238. The molecule has 0 heterocycles. The van der Waals surface area contributed by atoms with Crippen LogP contribution in [0.2, 0.25) is 0 Å². The summed E-state index contributed by atoms with van der Waals surface area (Å²) in [6, 6.07) is 5.90. The highest BCUT2D eigenvalue weighted by Crippen LogP contribution is 2.43. The molecule has 1 fully saturated rings. The van der Waals surface area contributed by atoms with Crippen LogP contribution in [0.15, 0.2) is 27.7 Å². The average Bonchev–Trinajstić information content (AvgIpc) is 3.24. The van der Waals surface area contributed by atoms with Crippen LogP contribution >= 0.6 is 0 Å². The molecular formula is C14H18N2O2S. The van der Waals surface area contributed by atoms with Crippen molar-refractivity contribution < 1.29 is 9.05 Å². The fraction of sp³-hybridized carbons (Fsp3) is 0.500. The lowest BCUT2D eigenvalue weighted by molar-refractivity contribution is 0.129. The molecule has 1 aromatic carbocycles. The lowest BCUT2D eigenvalue weighted by atomic mass is 10.0. The summed E-state index contributed by atoms with van der Waals surface area (Å²) in [6.07, 6.45) is 3.29. The summed E-state index contributed by atoms with van der Waals surface area (Å²) in [6.45, 7) is 4.35. The summed E-state index contributed by atoms with van der Waals surface area (Å²) in [5.74, 6) is 0.599. The number of oxime groups is 1. The second-order valence-electron chi connectivity index (χ2n) is 4.74. The van der Waals surface area contributed by atoms with Gasteiger partial charge in [-0.25, -0.2) is 0 Å². The van der Waals surface area contributed by atoms with Crippen LogP contribution in [0.3, 0.4) is 0 Å². The number of benzene rings is 1. The van der Waals surface area contributed by atoms with E-state index in [1.807, 2.05) is 26.0 Å². The van der Waals surface area contributed by atoms with Gasteiger partial charge in [-0.1, -0.05) is 24.2 Å². The van der Waals surface area contributed by atoms with Gasteiger partial charge in [0.2, 0.25) is 11.5 Å². The molecule has 5 heteroatoms. The highest BCUT2D eigenvalue weighted by Gasteiger charge is 2.27. The van der Waals surface area contributed by atoms with Gasteiger partial charge in [-0.3, -0.25) is 0 Å². The second-order valence-corrected chi connectivity index (χ2v) is 5.07. The van der Waals surface area contributed by atoms with Gasteiger partial charge in [-0.15, -0.1) is 0 Å². The van der Waals surface area contributed by atoms with Gasteiger partial charge in [0.25, 0.3) is 0 Å². The van der Waals surface area contributed by atoms with E-state index >= 15 is 0 Å². The minimum Gasteiger partial charge on any atom is -0.391 e. The predicted molar refractivity (Wildman–Crippen MR) is 76.8 cm³/mol. The summed E-state index contributed by atoms with van der Waals surface area (Å²) in [4.78, 5) is 5.39. The van der Waals surface area contributed by atoms with Crippen molar-refractivity contribution in [3.63, 3.8) is 0 Å².